The van der Waals surface area contributed by atoms with Crippen LogP contribution in [0.25, 0.3) is 0 Å². The normalized spacial score (nSPS) is 10.4. The molecule has 4 heteroatoms. The first-order valence-electron chi connectivity index (χ1n) is 6.51. The van der Waals surface area contributed by atoms with E-state index in [1.165, 1.54) is 7.11 Å². The van der Waals surface area contributed by atoms with Gasteiger partial charge in [-0.15, -0.1) is 0 Å². The molecule has 0 aliphatic heterocycles. The quantitative estimate of drug-likeness (QED) is 0.767. The molecule has 1 rings (SSSR count). The number of ether oxygens (including phenoxy) is 1. The zero-order valence-electron chi connectivity index (χ0n) is 12.0. The topological polar surface area (TPSA) is 46.6 Å². The van der Waals surface area contributed by atoms with Gasteiger partial charge in [-0.05, 0) is 25.0 Å². The molecule has 0 aliphatic rings. The molecular formula is C15H21NO3. The molecule has 0 fully saturated rings. The van der Waals surface area contributed by atoms with E-state index in [4.69, 9.17) is 4.74 Å². The summed E-state index contributed by atoms with van der Waals surface area (Å²) in [5, 5.41) is 0. The number of para-hydroxylation sites is 1. The first kappa shape index (κ1) is 15.2. The Balaban J connectivity index is 3.09. The lowest BCUT2D eigenvalue weighted by Gasteiger charge is -2.23. The first-order chi connectivity index (χ1) is 9.06. The lowest BCUT2D eigenvalue weighted by molar-refractivity contribution is -0.122. The van der Waals surface area contributed by atoms with E-state index in [0.717, 1.165) is 12.8 Å². The van der Waals surface area contributed by atoms with Crippen LogP contribution in [-0.2, 0) is 9.53 Å². The van der Waals surface area contributed by atoms with Crippen LogP contribution < -0.4 is 4.90 Å². The Morgan fingerprint density at radius 1 is 1.21 bits per heavy atom. The number of rotatable bonds is 5. The summed E-state index contributed by atoms with van der Waals surface area (Å²) in [6.07, 6.45) is 1.58. The van der Waals surface area contributed by atoms with Gasteiger partial charge in [-0.3, -0.25) is 4.79 Å². The van der Waals surface area contributed by atoms with Crippen molar-refractivity contribution < 1.29 is 14.3 Å². The molecule has 1 amide bonds. The smallest absolute Gasteiger partial charge is 0.339 e. The minimum Gasteiger partial charge on any atom is -0.465 e. The predicted molar refractivity (Wildman–Crippen MR) is 75.3 cm³/mol. The van der Waals surface area contributed by atoms with Gasteiger partial charge in [0.15, 0.2) is 0 Å². The summed E-state index contributed by atoms with van der Waals surface area (Å²) in [5.74, 6) is -0.420. The molecule has 0 aromatic heterocycles. The minimum absolute atomic E-state index is 0.0179. The Morgan fingerprint density at radius 3 is 2.32 bits per heavy atom. The zero-order valence-corrected chi connectivity index (χ0v) is 12.0. The SMILES string of the molecule is CCC(CC)C(=O)N(C)c1ccccc1C(=O)OC. The molecule has 1 aromatic carbocycles. The van der Waals surface area contributed by atoms with Crippen LogP contribution in [0.2, 0.25) is 0 Å². The van der Waals surface area contributed by atoms with Gasteiger partial charge in [0.2, 0.25) is 5.91 Å². The van der Waals surface area contributed by atoms with Crippen LogP contribution in [0, 0.1) is 5.92 Å². The maximum absolute atomic E-state index is 12.3. The van der Waals surface area contributed by atoms with Crippen molar-refractivity contribution in [2.45, 2.75) is 26.7 Å². The predicted octanol–water partition coefficient (Wildman–Crippen LogP) is 2.87. The summed E-state index contributed by atoms with van der Waals surface area (Å²) in [4.78, 5) is 25.6. The fourth-order valence-electron chi connectivity index (χ4n) is 2.08. The fraction of sp³-hybridized carbons (Fsp3) is 0.467. The molecule has 0 unspecified atom stereocenters. The molecule has 104 valence electrons. The number of hydrogen-bond donors (Lipinski definition) is 0. The molecule has 4 nitrogen and oxygen atoms in total. The van der Waals surface area contributed by atoms with Crippen molar-refractivity contribution in [3.05, 3.63) is 29.8 Å². The molecule has 0 saturated heterocycles. The van der Waals surface area contributed by atoms with E-state index < -0.39 is 5.97 Å². The van der Waals surface area contributed by atoms with E-state index >= 15 is 0 Å². The van der Waals surface area contributed by atoms with Crippen LogP contribution in [0.4, 0.5) is 5.69 Å². The van der Waals surface area contributed by atoms with Crippen LogP contribution in [-0.4, -0.2) is 26.0 Å². The molecule has 1 aromatic rings. The van der Waals surface area contributed by atoms with Crippen molar-refractivity contribution in [1.29, 1.82) is 0 Å². The van der Waals surface area contributed by atoms with Gasteiger partial charge in [0.25, 0.3) is 0 Å². The molecule has 0 atom stereocenters. The van der Waals surface area contributed by atoms with Crippen molar-refractivity contribution in [2.24, 2.45) is 5.92 Å². The monoisotopic (exact) mass is 263 g/mol. The van der Waals surface area contributed by atoms with Gasteiger partial charge in [0, 0.05) is 13.0 Å². The van der Waals surface area contributed by atoms with Crippen molar-refractivity contribution in [2.75, 3.05) is 19.1 Å². The minimum atomic E-state index is -0.431. The second-order valence-electron chi connectivity index (χ2n) is 4.42. The largest absolute Gasteiger partial charge is 0.465 e. The summed E-state index contributed by atoms with van der Waals surface area (Å²) < 4.78 is 4.74. The Morgan fingerprint density at radius 2 is 1.79 bits per heavy atom. The van der Waals surface area contributed by atoms with Crippen LogP contribution in [0.3, 0.4) is 0 Å². The van der Waals surface area contributed by atoms with Crippen LogP contribution in [0.15, 0.2) is 24.3 Å². The highest BCUT2D eigenvalue weighted by atomic mass is 16.5. The maximum Gasteiger partial charge on any atom is 0.339 e. The second-order valence-corrected chi connectivity index (χ2v) is 4.42. The molecule has 0 radical (unpaired) electrons. The molecule has 19 heavy (non-hydrogen) atoms. The summed E-state index contributed by atoms with van der Waals surface area (Å²) in [6, 6.07) is 6.98. The van der Waals surface area contributed by atoms with Crippen molar-refractivity contribution in [3.8, 4) is 0 Å². The molecule has 0 spiro atoms. The van der Waals surface area contributed by atoms with Crippen molar-refractivity contribution >= 4 is 17.6 Å². The van der Waals surface area contributed by atoms with E-state index in [2.05, 4.69) is 0 Å². The maximum atomic E-state index is 12.3. The summed E-state index contributed by atoms with van der Waals surface area (Å²) in [5.41, 5.74) is 0.998. The van der Waals surface area contributed by atoms with Gasteiger partial charge in [-0.2, -0.15) is 0 Å². The number of carbonyl (C=O) groups is 2. The lowest BCUT2D eigenvalue weighted by atomic mass is 10.0. The summed E-state index contributed by atoms with van der Waals surface area (Å²) in [6.45, 7) is 3.98. The highest BCUT2D eigenvalue weighted by Gasteiger charge is 2.23. The van der Waals surface area contributed by atoms with Crippen LogP contribution in [0.1, 0.15) is 37.0 Å². The number of esters is 1. The van der Waals surface area contributed by atoms with Crippen molar-refractivity contribution in [1.82, 2.24) is 0 Å². The highest BCUT2D eigenvalue weighted by Crippen LogP contribution is 2.23. The molecule has 0 heterocycles. The fourth-order valence-corrected chi connectivity index (χ4v) is 2.08. The Hall–Kier alpha value is -1.84. The average Bonchev–Trinajstić information content (AvgIpc) is 2.46. The number of anilines is 1. The Bertz CT molecular complexity index is 452. The van der Waals surface area contributed by atoms with E-state index in [9.17, 15) is 9.59 Å². The molecular weight excluding hydrogens is 242 g/mol. The third-order valence-electron chi connectivity index (χ3n) is 3.34. The Kier molecular flexibility index (Phi) is 5.55. The molecule has 0 bridgehead atoms. The number of nitrogens with zero attached hydrogens (tertiary/aromatic N) is 1. The zero-order chi connectivity index (χ0) is 14.4. The second kappa shape index (κ2) is 6.92. The van der Waals surface area contributed by atoms with Crippen molar-refractivity contribution in [3.63, 3.8) is 0 Å². The average molecular weight is 263 g/mol. The third-order valence-corrected chi connectivity index (χ3v) is 3.34. The lowest BCUT2D eigenvalue weighted by Crippen LogP contribution is -2.33. The number of hydrogen-bond acceptors (Lipinski definition) is 3. The summed E-state index contributed by atoms with van der Waals surface area (Å²) in [7, 11) is 3.03. The number of amides is 1. The van der Waals surface area contributed by atoms with E-state index in [1.54, 1.807) is 36.2 Å². The van der Waals surface area contributed by atoms with Gasteiger partial charge in [0.05, 0.1) is 18.4 Å². The summed E-state index contributed by atoms with van der Waals surface area (Å²) >= 11 is 0. The third kappa shape index (κ3) is 3.34. The van der Waals surface area contributed by atoms with Gasteiger partial charge in [-0.25, -0.2) is 4.79 Å². The molecule has 0 N–H and O–H groups in total. The van der Waals surface area contributed by atoms with E-state index in [0.29, 0.717) is 11.3 Å². The Labute approximate surface area is 114 Å². The molecule has 0 aliphatic carbocycles. The standard InChI is InChI=1S/C15H21NO3/c1-5-11(6-2)14(17)16(3)13-10-8-7-9-12(13)15(18)19-4/h7-11H,5-6H2,1-4H3. The van der Waals surface area contributed by atoms with Gasteiger partial charge in [-0.1, -0.05) is 26.0 Å². The number of carbonyl (C=O) groups excluding carboxylic acids is 2. The molecule has 0 saturated carbocycles. The first-order valence-corrected chi connectivity index (χ1v) is 6.51. The van der Waals surface area contributed by atoms with Crippen LogP contribution >= 0.6 is 0 Å². The number of methoxy groups -OCH3 is 1. The van der Waals surface area contributed by atoms with Gasteiger partial charge >= 0.3 is 5.97 Å². The van der Waals surface area contributed by atoms with E-state index in [1.807, 2.05) is 13.8 Å². The van der Waals surface area contributed by atoms with Gasteiger partial charge in [0.1, 0.15) is 0 Å². The highest BCUT2D eigenvalue weighted by molar-refractivity contribution is 6.02. The van der Waals surface area contributed by atoms with Crippen LogP contribution in [0.5, 0.6) is 0 Å². The number of benzene rings is 1. The van der Waals surface area contributed by atoms with E-state index in [-0.39, 0.29) is 11.8 Å². The van der Waals surface area contributed by atoms with Gasteiger partial charge < -0.3 is 9.64 Å².